The van der Waals surface area contributed by atoms with E-state index in [0.717, 1.165) is 27.4 Å². The van der Waals surface area contributed by atoms with E-state index in [1.165, 1.54) is 0 Å². The molecule has 0 aliphatic rings. The van der Waals surface area contributed by atoms with Gasteiger partial charge in [0.1, 0.15) is 0 Å². The summed E-state index contributed by atoms with van der Waals surface area (Å²) >= 11 is 3.37. The summed E-state index contributed by atoms with van der Waals surface area (Å²) in [6, 6.07) is 11.8. The molecule has 0 aliphatic heterocycles. The molecule has 0 saturated carbocycles. The Morgan fingerprint density at radius 1 is 1.21 bits per heavy atom. The molecule has 0 bridgehead atoms. The second kappa shape index (κ2) is 4.97. The Hall–Kier alpha value is -1.94. The highest BCUT2D eigenvalue weighted by atomic mass is 79.9. The van der Waals surface area contributed by atoms with Crippen LogP contribution in [0.4, 0.5) is 0 Å². The molecule has 94 valence electrons. The third-order valence-electron chi connectivity index (χ3n) is 3.07. The van der Waals surface area contributed by atoms with Crippen molar-refractivity contribution in [3.63, 3.8) is 0 Å². The van der Waals surface area contributed by atoms with Gasteiger partial charge in [-0.3, -0.25) is 9.78 Å². The zero-order valence-corrected chi connectivity index (χ0v) is 11.7. The van der Waals surface area contributed by atoms with Crippen molar-refractivity contribution in [3.05, 3.63) is 64.5 Å². The maximum Gasteiger partial charge on any atom is 0.152 e. The molecule has 0 spiro atoms. The van der Waals surface area contributed by atoms with Crippen molar-refractivity contribution in [1.82, 2.24) is 9.55 Å². The Balaban J connectivity index is 2.05. The van der Waals surface area contributed by atoms with Gasteiger partial charge in [0, 0.05) is 33.3 Å². The molecule has 0 saturated heterocycles. The summed E-state index contributed by atoms with van der Waals surface area (Å²) in [6.07, 6.45) is 4.55. The molecule has 0 atom stereocenters. The van der Waals surface area contributed by atoms with Gasteiger partial charge >= 0.3 is 0 Å². The van der Waals surface area contributed by atoms with E-state index >= 15 is 0 Å². The van der Waals surface area contributed by atoms with E-state index in [0.29, 0.717) is 12.1 Å². The molecule has 2 heterocycles. The molecule has 19 heavy (non-hydrogen) atoms. The van der Waals surface area contributed by atoms with Crippen molar-refractivity contribution in [2.24, 2.45) is 0 Å². The number of carbonyl (C=O) groups is 1. The summed E-state index contributed by atoms with van der Waals surface area (Å²) in [6.45, 7) is 0.654. The molecule has 1 aromatic carbocycles. The van der Waals surface area contributed by atoms with Crippen molar-refractivity contribution in [2.45, 2.75) is 6.54 Å². The summed E-state index contributed by atoms with van der Waals surface area (Å²) in [5.41, 5.74) is 2.73. The first-order valence-electron chi connectivity index (χ1n) is 5.91. The summed E-state index contributed by atoms with van der Waals surface area (Å²) < 4.78 is 3.01. The van der Waals surface area contributed by atoms with Gasteiger partial charge in [-0.2, -0.15) is 0 Å². The number of aromatic nitrogens is 2. The van der Waals surface area contributed by atoms with Crippen LogP contribution in [-0.2, 0) is 6.54 Å². The Kier molecular flexibility index (Phi) is 3.17. The normalized spacial score (nSPS) is 10.8. The second-order valence-electron chi connectivity index (χ2n) is 4.32. The third kappa shape index (κ3) is 2.31. The Morgan fingerprint density at radius 3 is 2.79 bits per heavy atom. The van der Waals surface area contributed by atoms with E-state index < -0.39 is 0 Å². The monoisotopic (exact) mass is 314 g/mol. The maximum absolute atomic E-state index is 11.1. The van der Waals surface area contributed by atoms with Gasteiger partial charge in [0.25, 0.3) is 0 Å². The number of hydrogen-bond donors (Lipinski definition) is 0. The SMILES string of the molecule is O=Cc1cn(Cc2ccc(Br)cn2)c2ccccc12. The van der Waals surface area contributed by atoms with Crippen LogP contribution in [0.15, 0.2) is 53.3 Å². The summed E-state index contributed by atoms with van der Waals surface area (Å²) in [5, 5.41) is 0.981. The molecule has 0 unspecified atom stereocenters. The average Bonchev–Trinajstić information content (AvgIpc) is 2.80. The largest absolute Gasteiger partial charge is 0.341 e. The van der Waals surface area contributed by atoms with Crippen molar-refractivity contribution < 1.29 is 4.79 Å². The van der Waals surface area contributed by atoms with Gasteiger partial charge in [-0.1, -0.05) is 18.2 Å². The minimum atomic E-state index is 0.654. The summed E-state index contributed by atoms with van der Waals surface area (Å²) in [7, 11) is 0. The predicted octanol–water partition coefficient (Wildman–Crippen LogP) is 3.66. The van der Waals surface area contributed by atoms with E-state index in [4.69, 9.17) is 0 Å². The first-order chi connectivity index (χ1) is 9.28. The van der Waals surface area contributed by atoms with Gasteiger partial charge in [-0.05, 0) is 34.1 Å². The van der Waals surface area contributed by atoms with Gasteiger partial charge in [0.2, 0.25) is 0 Å². The fraction of sp³-hybridized carbons (Fsp3) is 0.0667. The van der Waals surface area contributed by atoms with Crippen molar-refractivity contribution in [2.75, 3.05) is 0 Å². The number of carbonyl (C=O) groups excluding carboxylic acids is 1. The Labute approximate surface area is 119 Å². The quantitative estimate of drug-likeness (QED) is 0.691. The van der Waals surface area contributed by atoms with Gasteiger partial charge in [-0.15, -0.1) is 0 Å². The summed E-state index contributed by atoms with van der Waals surface area (Å²) in [4.78, 5) is 15.5. The number of halogens is 1. The maximum atomic E-state index is 11.1. The fourth-order valence-corrected chi connectivity index (χ4v) is 2.41. The predicted molar refractivity (Wildman–Crippen MR) is 78.4 cm³/mol. The molecule has 2 aromatic heterocycles. The van der Waals surface area contributed by atoms with E-state index in [9.17, 15) is 4.79 Å². The minimum Gasteiger partial charge on any atom is -0.341 e. The number of aldehydes is 1. The van der Waals surface area contributed by atoms with Gasteiger partial charge in [0.15, 0.2) is 6.29 Å². The van der Waals surface area contributed by atoms with Crippen LogP contribution in [0, 0.1) is 0 Å². The Morgan fingerprint density at radius 2 is 2.05 bits per heavy atom. The number of para-hydroxylation sites is 1. The lowest BCUT2D eigenvalue weighted by Gasteiger charge is -2.04. The average molecular weight is 315 g/mol. The zero-order valence-electron chi connectivity index (χ0n) is 10.1. The first-order valence-corrected chi connectivity index (χ1v) is 6.71. The lowest BCUT2D eigenvalue weighted by Crippen LogP contribution is -1.99. The standard InChI is InChI=1S/C15H11BrN2O/c16-12-5-6-13(17-7-12)9-18-8-11(10-19)14-3-1-2-4-15(14)18/h1-8,10H,9H2. The molecular formula is C15H11BrN2O. The van der Waals surface area contributed by atoms with Crippen LogP contribution in [-0.4, -0.2) is 15.8 Å². The van der Waals surface area contributed by atoms with Crippen LogP contribution in [0.25, 0.3) is 10.9 Å². The number of benzene rings is 1. The zero-order chi connectivity index (χ0) is 13.2. The second-order valence-corrected chi connectivity index (χ2v) is 5.23. The van der Waals surface area contributed by atoms with Crippen LogP contribution in [0.1, 0.15) is 16.1 Å². The van der Waals surface area contributed by atoms with Crippen molar-refractivity contribution >= 4 is 33.1 Å². The molecular weight excluding hydrogens is 304 g/mol. The lowest BCUT2D eigenvalue weighted by atomic mass is 10.2. The van der Waals surface area contributed by atoms with E-state index in [-0.39, 0.29) is 0 Å². The van der Waals surface area contributed by atoms with Crippen molar-refractivity contribution in [3.8, 4) is 0 Å². The van der Waals surface area contributed by atoms with Crippen molar-refractivity contribution in [1.29, 1.82) is 0 Å². The molecule has 3 nitrogen and oxygen atoms in total. The minimum absolute atomic E-state index is 0.654. The number of fused-ring (bicyclic) bond motifs is 1. The number of pyridine rings is 1. The molecule has 0 radical (unpaired) electrons. The molecule has 4 heteroatoms. The molecule has 3 rings (SSSR count). The molecule has 3 aromatic rings. The number of hydrogen-bond acceptors (Lipinski definition) is 2. The summed E-state index contributed by atoms with van der Waals surface area (Å²) in [5.74, 6) is 0. The lowest BCUT2D eigenvalue weighted by molar-refractivity contribution is 0.112. The molecule has 0 amide bonds. The topological polar surface area (TPSA) is 34.9 Å². The van der Waals surface area contributed by atoms with E-state index in [1.54, 1.807) is 6.20 Å². The third-order valence-corrected chi connectivity index (χ3v) is 3.54. The molecule has 0 aliphatic carbocycles. The van der Waals surface area contributed by atoms with Gasteiger partial charge in [-0.25, -0.2) is 0 Å². The van der Waals surface area contributed by atoms with Crippen LogP contribution >= 0.6 is 15.9 Å². The van der Waals surface area contributed by atoms with Gasteiger partial charge < -0.3 is 4.57 Å². The highest BCUT2D eigenvalue weighted by Crippen LogP contribution is 2.21. The smallest absolute Gasteiger partial charge is 0.152 e. The highest BCUT2D eigenvalue weighted by molar-refractivity contribution is 9.10. The van der Waals surface area contributed by atoms with Crippen LogP contribution in [0.3, 0.4) is 0 Å². The first kappa shape index (κ1) is 12.1. The number of nitrogens with zero attached hydrogens (tertiary/aromatic N) is 2. The van der Waals surface area contributed by atoms with Crippen LogP contribution in [0.2, 0.25) is 0 Å². The molecule has 0 N–H and O–H groups in total. The highest BCUT2D eigenvalue weighted by Gasteiger charge is 2.07. The Bertz CT molecular complexity index is 731. The van der Waals surface area contributed by atoms with Gasteiger partial charge in [0.05, 0.1) is 12.2 Å². The number of rotatable bonds is 3. The van der Waals surface area contributed by atoms with Crippen LogP contribution in [0.5, 0.6) is 0 Å². The van der Waals surface area contributed by atoms with E-state index in [1.807, 2.05) is 42.6 Å². The van der Waals surface area contributed by atoms with E-state index in [2.05, 4.69) is 25.5 Å². The molecule has 0 fully saturated rings. The fourth-order valence-electron chi connectivity index (χ4n) is 2.17. The van der Waals surface area contributed by atoms with Crippen LogP contribution < -0.4 is 0 Å².